The van der Waals surface area contributed by atoms with Crippen LogP contribution in [-0.4, -0.2) is 46.2 Å². The largest absolute Gasteiger partial charge is 0.372 e. The molecule has 3 unspecified atom stereocenters. The summed E-state index contributed by atoms with van der Waals surface area (Å²) in [5.41, 5.74) is 1.38. The van der Waals surface area contributed by atoms with Gasteiger partial charge in [0.2, 0.25) is 0 Å². The van der Waals surface area contributed by atoms with E-state index < -0.39 is 10.8 Å². The van der Waals surface area contributed by atoms with Crippen molar-refractivity contribution in [3.05, 3.63) is 53.7 Å². The van der Waals surface area contributed by atoms with Crippen LogP contribution in [0.1, 0.15) is 36.7 Å². The summed E-state index contributed by atoms with van der Waals surface area (Å²) in [5.74, 6) is 1.17. The minimum absolute atomic E-state index is 0.179. The van der Waals surface area contributed by atoms with Gasteiger partial charge in [-0.2, -0.15) is 0 Å². The van der Waals surface area contributed by atoms with E-state index in [4.69, 9.17) is 4.74 Å². The molecular formula is C21H27N3O3S. The number of ether oxygens (including phenoxy) is 1. The first-order valence-electron chi connectivity index (χ1n) is 9.58. The van der Waals surface area contributed by atoms with Crippen molar-refractivity contribution in [1.29, 1.82) is 0 Å². The van der Waals surface area contributed by atoms with Crippen molar-refractivity contribution in [3.63, 3.8) is 0 Å². The van der Waals surface area contributed by atoms with Gasteiger partial charge in [0.15, 0.2) is 0 Å². The van der Waals surface area contributed by atoms with Crippen molar-refractivity contribution < 1.29 is 13.7 Å². The van der Waals surface area contributed by atoms with Crippen LogP contribution in [0.3, 0.4) is 0 Å². The third-order valence-corrected chi connectivity index (χ3v) is 6.02. The summed E-state index contributed by atoms with van der Waals surface area (Å²) >= 11 is 0. The third kappa shape index (κ3) is 4.97. The average molecular weight is 402 g/mol. The molecule has 150 valence electrons. The van der Waals surface area contributed by atoms with Crippen molar-refractivity contribution in [2.24, 2.45) is 0 Å². The van der Waals surface area contributed by atoms with Crippen LogP contribution in [0.4, 0.5) is 5.82 Å². The molecule has 1 amide bonds. The van der Waals surface area contributed by atoms with Gasteiger partial charge in [0.05, 0.1) is 33.5 Å². The van der Waals surface area contributed by atoms with E-state index in [0.717, 1.165) is 24.5 Å². The molecule has 3 atom stereocenters. The molecule has 6 nitrogen and oxygen atoms in total. The van der Waals surface area contributed by atoms with Crippen molar-refractivity contribution in [2.75, 3.05) is 23.7 Å². The first-order valence-corrected chi connectivity index (χ1v) is 10.9. The second-order valence-electron chi connectivity index (χ2n) is 7.00. The zero-order valence-corrected chi connectivity index (χ0v) is 17.4. The van der Waals surface area contributed by atoms with Crippen LogP contribution in [-0.2, 0) is 22.1 Å². The number of morpholine rings is 1. The Morgan fingerprint density at radius 1 is 1.21 bits per heavy atom. The molecule has 1 fully saturated rings. The number of anilines is 1. The van der Waals surface area contributed by atoms with E-state index >= 15 is 0 Å². The SMILES string of the molecule is CCS(=O)c1ccccc1C(=O)NCc1ccc(N2CC(C)OC(C)C2)nc1. The highest BCUT2D eigenvalue weighted by molar-refractivity contribution is 7.85. The molecule has 0 bridgehead atoms. The lowest BCUT2D eigenvalue weighted by Crippen LogP contribution is -2.45. The van der Waals surface area contributed by atoms with Gasteiger partial charge in [-0.05, 0) is 37.6 Å². The van der Waals surface area contributed by atoms with Crippen molar-refractivity contribution >= 4 is 22.5 Å². The number of carbonyl (C=O) groups excluding carboxylic acids is 1. The zero-order chi connectivity index (χ0) is 20.1. The first-order chi connectivity index (χ1) is 13.5. The van der Waals surface area contributed by atoms with Gasteiger partial charge in [-0.1, -0.05) is 25.1 Å². The molecule has 1 N–H and O–H groups in total. The number of nitrogens with one attached hydrogen (secondary N) is 1. The smallest absolute Gasteiger partial charge is 0.252 e. The third-order valence-electron chi connectivity index (χ3n) is 4.64. The van der Waals surface area contributed by atoms with E-state index in [-0.39, 0.29) is 18.1 Å². The maximum Gasteiger partial charge on any atom is 0.252 e. The fourth-order valence-corrected chi connectivity index (χ4v) is 4.31. The van der Waals surface area contributed by atoms with Crippen molar-refractivity contribution in [2.45, 2.75) is 44.4 Å². The quantitative estimate of drug-likeness (QED) is 0.806. The van der Waals surface area contributed by atoms with Gasteiger partial charge in [0.25, 0.3) is 5.91 Å². The highest BCUT2D eigenvalue weighted by Gasteiger charge is 2.23. The highest BCUT2D eigenvalue weighted by Crippen LogP contribution is 2.19. The monoisotopic (exact) mass is 401 g/mol. The standard InChI is InChI=1S/C21H27N3O3S/c1-4-28(26)19-8-6-5-7-18(19)21(25)23-12-17-9-10-20(22-11-17)24-13-15(2)27-16(3)14-24/h5-11,15-16H,4,12-14H2,1-3H3,(H,23,25). The maximum atomic E-state index is 12.6. The van der Waals surface area contributed by atoms with Crippen LogP contribution < -0.4 is 10.2 Å². The van der Waals surface area contributed by atoms with E-state index in [2.05, 4.69) is 29.0 Å². The van der Waals surface area contributed by atoms with Crippen molar-refractivity contribution in [3.8, 4) is 0 Å². The van der Waals surface area contributed by atoms with Crippen LogP contribution in [0, 0.1) is 0 Å². The topological polar surface area (TPSA) is 71.5 Å². The van der Waals surface area contributed by atoms with Crippen LogP contribution in [0.5, 0.6) is 0 Å². The second kappa shape index (κ2) is 9.30. The van der Waals surface area contributed by atoms with E-state index in [1.54, 1.807) is 30.5 Å². The molecule has 0 aliphatic carbocycles. The first kappa shape index (κ1) is 20.5. The van der Waals surface area contributed by atoms with Crippen LogP contribution in [0.25, 0.3) is 0 Å². The summed E-state index contributed by atoms with van der Waals surface area (Å²) < 4.78 is 17.9. The number of nitrogens with zero attached hydrogens (tertiary/aromatic N) is 2. The van der Waals surface area contributed by atoms with Gasteiger partial charge in [-0.15, -0.1) is 0 Å². The molecule has 7 heteroatoms. The predicted octanol–water partition coefficient (Wildman–Crippen LogP) is 2.75. The number of amides is 1. The van der Waals surface area contributed by atoms with Gasteiger partial charge in [0, 0.05) is 31.6 Å². The molecule has 1 aliphatic heterocycles. The molecule has 0 spiro atoms. The Bertz CT molecular complexity index is 831. The number of hydrogen-bond donors (Lipinski definition) is 1. The lowest BCUT2D eigenvalue weighted by Gasteiger charge is -2.36. The fourth-order valence-electron chi connectivity index (χ4n) is 3.36. The van der Waals surface area contributed by atoms with E-state index in [0.29, 0.717) is 22.8 Å². The second-order valence-corrected chi connectivity index (χ2v) is 8.71. The van der Waals surface area contributed by atoms with Crippen LogP contribution in [0.15, 0.2) is 47.5 Å². The van der Waals surface area contributed by atoms with Crippen LogP contribution >= 0.6 is 0 Å². The minimum atomic E-state index is -1.17. The molecule has 0 radical (unpaired) electrons. The number of pyridine rings is 1. The molecule has 2 heterocycles. The maximum absolute atomic E-state index is 12.6. The molecule has 0 saturated carbocycles. The Morgan fingerprint density at radius 2 is 1.93 bits per heavy atom. The zero-order valence-electron chi connectivity index (χ0n) is 16.6. The molecule has 3 rings (SSSR count). The molecule has 2 aromatic rings. The summed E-state index contributed by atoms with van der Waals surface area (Å²) in [4.78, 5) is 19.9. The summed E-state index contributed by atoms with van der Waals surface area (Å²) in [6, 6.07) is 11.0. The van der Waals surface area contributed by atoms with Crippen LogP contribution in [0.2, 0.25) is 0 Å². The number of carbonyl (C=O) groups is 1. The molecular weight excluding hydrogens is 374 g/mol. The minimum Gasteiger partial charge on any atom is -0.372 e. The van der Waals surface area contributed by atoms with E-state index in [1.807, 2.05) is 19.1 Å². The predicted molar refractivity (Wildman–Crippen MR) is 111 cm³/mol. The summed E-state index contributed by atoms with van der Waals surface area (Å²) in [5, 5.41) is 2.90. The summed E-state index contributed by atoms with van der Waals surface area (Å²) in [6.07, 6.45) is 2.15. The van der Waals surface area contributed by atoms with Crippen molar-refractivity contribution in [1.82, 2.24) is 10.3 Å². The normalized spacial score (nSPS) is 20.6. The van der Waals surface area contributed by atoms with Gasteiger partial charge < -0.3 is 15.0 Å². The molecule has 1 saturated heterocycles. The Kier molecular flexibility index (Phi) is 6.80. The van der Waals surface area contributed by atoms with Gasteiger partial charge >= 0.3 is 0 Å². The van der Waals surface area contributed by atoms with Gasteiger partial charge in [0.1, 0.15) is 5.82 Å². The Morgan fingerprint density at radius 3 is 2.57 bits per heavy atom. The van der Waals surface area contributed by atoms with Gasteiger partial charge in [-0.3, -0.25) is 9.00 Å². The Labute approximate surface area is 168 Å². The number of hydrogen-bond acceptors (Lipinski definition) is 5. The highest BCUT2D eigenvalue weighted by atomic mass is 32.2. The number of rotatable bonds is 6. The van der Waals surface area contributed by atoms with E-state index in [1.165, 1.54) is 0 Å². The molecule has 1 aliphatic rings. The van der Waals surface area contributed by atoms with Gasteiger partial charge in [-0.25, -0.2) is 4.98 Å². The molecule has 1 aromatic carbocycles. The lowest BCUT2D eigenvalue weighted by atomic mass is 10.2. The lowest BCUT2D eigenvalue weighted by molar-refractivity contribution is -0.00546. The average Bonchev–Trinajstić information content (AvgIpc) is 2.71. The Balaban J connectivity index is 1.63. The summed E-state index contributed by atoms with van der Waals surface area (Å²) in [7, 11) is -1.17. The molecule has 28 heavy (non-hydrogen) atoms. The number of benzene rings is 1. The number of aromatic nitrogens is 1. The summed E-state index contributed by atoms with van der Waals surface area (Å²) in [6.45, 7) is 7.98. The van der Waals surface area contributed by atoms with E-state index in [9.17, 15) is 9.00 Å². The molecule has 1 aromatic heterocycles. The fraction of sp³-hybridized carbons (Fsp3) is 0.429. The Hall–Kier alpha value is -2.25.